The van der Waals surface area contributed by atoms with Gasteiger partial charge in [0.15, 0.2) is 0 Å². The molecule has 0 amide bonds. The molecule has 1 aromatic heterocycles. The van der Waals surface area contributed by atoms with Crippen LogP contribution in [0.25, 0.3) is 0 Å². The van der Waals surface area contributed by atoms with E-state index in [0.717, 1.165) is 18.1 Å². The molecular weight excluding hydrogens is 234 g/mol. The fourth-order valence-electron chi connectivity index (χ4n) is 2.71. The summed E-state index contributed by atoms with van der Waals surface area (Å²) in [6.45, 7) is 5.23. The van der Waals surface area contributed by atoms with Crippen LogP contribution in [-0.4, -0.2) is 9.55 Å². The van der Waals surface area contributed by atoms with Crippen LogP contribution in [0.1, 0.15) is 55.6 Å². The second kappa shape index (κ2) is 4.72. The molecule has 100 valence electrons. The number of rotatable bonds is 4. The van der Waals surface area contributed by atoms with Crippen LogP contribution in [0.2, 0.25) is 0 Å². The lowest BCUT2D eigenvalue weighted by Crippen LogP contribution is -2.06. The minimum absolute atomic E-state index is 0.256. The monoisotopic (exact) mass is 255 g/mol. The van der Waals surface area contributed by atoms with E-state index in [0.29, 0.717) is 5.92 Å². The third-order valence-corrected chi connectivity index (χ3v) is 4.03. The Morgan fingerprint density at radius 1 is 1.32 bits per heavy atom. The van der Waals surface area contributed by atoms with Gasteiger partial charge in [-0.3, -0.25) is 0 Å². The van der Waals surface area contributed by atoms with Gasteiger partial charge in [0.2, 0.25) is 0 Å². The first-order valence-corrected chi connectivity index (χ1v) is 7.13. The highest BCUT2D eigenvalue weighted by Crippen LogP contribution is 2.42. The fourth-order valence-corrected chi connectivity index (χ4v) is 2.71. The van der Waals surface area contributed by atoms with Crippen LogP contribution in [0, 0.1) is 0 Å². The summed E-state index contributed by atoms with van der Waals surface area (Å²) < 4.78 is 2.19. The summed E-state index contributed by atoms with van der Waals surface area (Å²) in [5.41, 5.74) is 8.63. The molecule has 1 saturated carbocycles. The lowest BCUT2D eigenvalue weighted by molar-refractivity contribution is 0.708. The summed E-state index contributed by atoms with van der Waals surface area (Å²) >= 11 is 0. The highest BCUT2D eigenvalue weighted by Gasteiger charge is 2.31. The van der Waals surface area contributed by atoms with Crippen molar-refractivity contribution in [2.45, 2.75) is 45.1 Å². The number of benzene rings is 1. The molecule has 1 atom stereocenters. The van der Waals surface area contributed by atoms with Crippen molar-refractivity contribution in [2.75, 3.05) is 5.73 Å². The van der Waals surface area contributed by atoms with Gasteiger partial charge in [-0.2, -0.15) is 0 Å². The Balaban J connectivity index is 2.01. The number of hydrogen-bond donors (Lipinski definition) is 1. The van der Waals surface area contributed by atoms with Crippen LogP contribution < -0.4 is 5.73 Å². The van der Waals surface area contributed by atoms with E-state index >= 15 is 0 Å². The van der Waals surface area contributed by atoms with E-state index in [1.54, 1.807) is 0 Å². The molecule has 0 saturated heterocycles. The number of imidazole rings is 1. The second-order valence-corrected chi connectivity index (χ2v) is 5.39. The van der Waals surface area contributed by atoms with Crippen LogP contribution in [0.4, 0.5) is 5.82 Å². The van der Waals surface area contributed by atoms with Crippen LogP contribution >= 0.6 is 0 Å². The van der Waals surface area contributed by atoms with E-state index in [4.69, 9.17) is 10.7 Å². The largest absolute Gasteiger partial charge is 0.384 e. The van der Waals surface area contributed by atoms with Crippen molar-refractivity contribution >= 4 is 5.82 Å². The van der Waals surface area contributed by atoms with Crippen LogP contribution in [0.5, 0.6) is 0 Å². The van der Waals surface area contributed by atoms with Gasteiger partial charge in [0.25, 0.3) is 0 Å². The molecule has 3 nitrogen and oxygen atoms in total. The normalized spacial score (nSPS) is 16.5. The first-order chi connectivity index (χ1) is 9.22. The molecule has 1 aliphatic rings. The van der Waals surface area contributed by atoms with Crippen LogP contribution in [-0.2, 0) is 6.54 Å². The van der Waals surface area contributed by atoms with Gasteiger partial charge >= 0.3 is 0 Å². The summed E-state index contributed by atoms with van der Waals surface area (Å²) in [7, 11) is 0. The predicted octanol–water partition coefficient (Wildman–Crippen LogP) is 3.51. The number of nitrogens with two attached hydrogens (primary N) is 1. The lowest BCUT2D eigenvalue weighted by atomic mass is 9.98. The van der Waals surface area contributed by atoms with Gasteiger partial charge in [0.05, 0.1) is 5.69 Å². The minimum atomic E-state index is 0.256. The molecule has 1 unspecified atom stereocenters. The first kappa shape index (κ1) is 12.3. The van der Waals surface area contributed by atoms with Gasteiger partial charge in [0, 0.05) is 18.4 Å². The Bertz CT molecular complexity index is 567. The molecule has 3 heteroatoms. The number of anilines is 1. The molecule has 19 heavy (non-hydrogen) atoms. The van der Waals surface area contributed by atoms with E-state index in [2.05, 4.69) is 42.7 Å². The molecule has 1 fully saturated rings. The van der Waals surface area contributed by atoms with E-state index < -0.39 is 0 Å². The fraction of sp³-hybridized carbons (Fsp3) is 0.438. The van der Waals surface area contributed by atoms with Gasteiger partial charge in [-0.15, -0.1) is 0 Å². The van der Waals surface area contributed by atoms with Crippen molar-refractivity contribution in [1.29, 1.82) is 0 Å². The van der Waals surface area contributed by atoms with E-state index in [-0.39, 0.29) is 5.92 Å². The maximum atomic E-state index is 6.32. The zero-order valence-corrected chi connectivity index (χ0v) is 11.6. The predicted molar refractivity (Wildman–Crippen MR) is 78.2 cm³/mol. The lowest BCUT2D eigenvalue weighted by Gasteiger charge is -2.10. The summed E-state index contributed by atoms with van der Waals surface area (Å²) in [5.74, 6) is 2.93. The maximum Gasteiger partial charge on any atom is 0.127 e. The van der Waals surface area contributed by atoms with Crippen molar-refractivity contribution in [1.82, 2.24) is 9.55 Å². The Morgan fingerprint density at radius 2 is 2.00 bits per heavy atom. The Morgan fingerprint density at radius 3 is 2.58 bits per heavy atom. The van der Waals surface area contributed by atoms with Gasteiger partial charge < -0.3 is 10.3 Å². The molecule has 1 aliphatic carbocycles. The van der Waals surface area contributed by atoms with Crippen LogP contribution in [0.15, 0.2) is 30.3 Å². The van der Waals surface area contributed by atoms with Gasteiger partial charge in [-0.1, -0.05) is 37.3 Å². The first-order valence-electron chi connectivity index (χ1n) is 7.13. The quantitative estimate of drug-likeness (QED) is 0.908. The zero-order chi connectivity index (χ0) is 13.4. The smallest absolute Gasteiger partial charge is 0.127 e. The molecule has 0 aliphatic heterocycles. The summed E-state index contributed by atoms with van der Waals surface area (Å²) in [5, 5.41) is 0. The molecule has 2 N–H and O–H groups in total. The number of nitrogens with zero attached hydrogens (tertiary/aromatic N) is 2. The molecular formula is C16H21N3. The Hall–Kier alpha value is -1.77. The third kappa shape index (κ3) is 2.14. The second-order valence-electron chi connectivity index (χ2n) is 5.39. The summed E-state index contributed by atoms with van der Waals surface area (Å²) in [6.07, 6.45) is 2.52. The highest BCUT2D eigenvalue weighted by atomic mass is 15.1. The van der Waals surface area contributed by atoms with Crippen LogP contribution in [0.3, 0.4) is 0 Å². The Labute approximate surface area is 114 Å². The molecule has 0 spiro atoms. The molecule has 0 bridgehead atoms. The van der Waals surface area contributed by atoms with Crippen molar-refractivity contribution in [3.8, 4) is 0 Å². The van der Waals surface area contributed by atoms with E-state index in [1.807, 2.05) is 6.07 Å². The number of aromatic nitrogens is 2. The molecule has 0 radical (unpaired) electrons. The maximum absolute atomic E-state index is 6.32. The summed E-state index contributed by atoms with van der Waals surface area (Å²) in [6, 6.07) is 10.5. The Kier molecular flexibility index (Phi) is 3.05. The molecule has 1 aromatic carbocycles. The highest BCUT2D eigenvalue weighted by molar-refractivity contribution is 5.45. The van der Waals surface area contributed by atoms with Gasteiger partial charge in [-0.25, -0.2) is 4.98 Å². The van der Waals surface area contributed by atoms with Crippen molar-refractivity contribution in [3.63, 3.8) is 0 Å². The average molecular weight is 255 g/mol. The minimum Gasteiger partial charge on any atom is -0.384 e. The van der Waals surface area contributed by atoms with E-state index in [9.17, 15) is 0 Å². The standard InChI is InChI=1S/C16H21N3/c1-3-19-15(17)14(18-16(19)13-9-10-13)11(2)12-7-5-4-6-8-12/h4-8,11,13H,3,9-10,17H2,1-2H3. The average Bonchev–Trinajstić information content (AvgIpc) is 3.23. The molecule has 1 heterocycles. The zero-order valence-electron chi connectivity index (χ0n) is 11.6. The number of hydrogen-bond acceptors (Lipinski definition) is 2. The van der Waals surface area contributed by atoms with E-state index in [1.165, 1.54) is 24.2 Å². The van der Waals surface area contributed by atoms with Gasteiger partial charge in [-0.05, 0) is 25.3 Å². The van der Waals surface area contributed by atoms with Gasteiger partial charge in [0.1, 0.15) is 11.6 Å². The SMILES string of the molecule is CCn1c(C2CC2)nc(C(C)c2ccccc2)c1N. The van der Waals surface area contributed by atoms with Crippen molar-refractivity contribution < 1.29 is 0 Å². The molecule has 2 aromatic rings. The topological polar surface area (TPSA) is 43.8 Å². The third-order valence-electron chi connectivity index (χ3n) is 4.03. The molecule has 3 rings (SSSR count). The van der Waals surface area contributed by atoms with Crippen molar-refractivity contribution in [2.24, 2.45) is 0 Å². The number of nitrogen functional groups attached to an aromatic ring is 1. The van der Waals surface area contributed by atoms with Crippen molar-refractivity contribution in [3.05, 3.63) is 47.4 Å². The summed E-state index contributed by atoms with van der Waals surface area (Å²) in [4.78, 5) is 4.86.